The monoisotopic (exact) mass is 195 g/mol. The molecule has 0 aliphatic heterocycles. The van der Waals surface area contributed by atoms with Crippen molar-refractivity contribution in [3.8, 4) is 0 Å². The Kier molecular flexibility index (Phi) is 4.14. The van der Waals surface area contributed by atoms with Gasteiger partial charge < -0.3 is 5.73 Å². The lowest BCUT2D eigenvalue weighted by Crippen LogP contribution is -2.22. The van der Waals surface area contributed by atoms with Gasteiger partial charge in [0.2, 0.25) is 0 Å². The van der Waals surface area contributed by atoms with Gasteiger partial charge in [-0.2, -0.15) is 5.10 Å². The van der Waals surface area contributed by atoms with Crippen molar-refractivity contribution < 1.29 is 0 Å². The van der Waals surface area contributed by atoms with E-state index in [0.717, 1.165) is 19.3 Å². The van der Waals surface area contributed by atoms with Gasteiger partial charge in [-0.05, 0) is 30.7 Å². The van der Waals surface area contributed by atoms with E-state index < -0.39 is 0 Å². The smallest absolute Gasteiger partial charge is 0.0521 e. The first-order chi connectivity index (χ1) is 6.58. The van der Waals surface area contributed by atoms with Gasteiger partial charge in [-0.15, -0.1) is 0 Å². The van der Waals surface area contributed by atoms with Crippen molar-refractivity contribution in [2.45, 2.75) is 39.2 Å². The van der Waals surface area contributed by atoms with E-state index in [1.165, 1.54) is 5.56 Å². The molecule has 80 valence electrons. The zero-order chi connectivity index (χ0) is 10.6. The molecule has 1 unspecified atom stereocenters. The highest BCUT2D eigenvalue weighted by atomic mass is 15.2. The molecule has 3 heteroatoms. The quantitative estimate of drug-likeness (QED) is 0.777. The molecule has 1 atom stereocenters. The molecule has 0 aromatic carbocycles. The number of rotatable bonds is 5. The molecule has 1 aromatic heterocycles. The van der Waals surface area contributed by atoms with Crippen LogP contribution in [0.2, 0.25) is 0 Å². The van der Waals surface area contributed by atoms with E-state index in [4.69, 9.17) is 5.73 Å². The maximum Gasteiger partial charge on any atom is 0.0521 e. The van der Waals surface area contributed by atoms with Gasteiger partial charge in [-0.25, -0.2) is 0 Å². The number of aromatic nitrogens is 2. The van der Waals surface area contributed by atoms with Crippen LogP contribution in [-0.4, -0.2) is 15.8 Å². The van der Waals surface area contributed by atoms with Gasteiger partial charge in [0.15, 0.2) is 0 Å². The van der Waals surface area contributed by atoms with Gasteiger partial charge in [-0.3, -0.25) is 4.68 Å². The van der Waals surface area contributed by atoms with E-state index in [2.05, 4.69) is 25.1 Å². The Morgan fingerprint density at radius 3 is 2.71 bits per heavy atom. The summed E-state index contributed by atoms with van der Waals surface area (Å²) in [7, 11) is 1.94. The van der Waals surface area contributed by atoms with Crippen LogP contribution in [0.1, 0.15) is 32.3 Å². The molecule has 0 fully saturated rings. The van der Waals surface area contributed by atoms with E-state index in [9.17, 15) is 0 Å². The molecular formula is C11H21N3. The average molecular weight is 195 g/mol. The zero-order valence-electron chi connectivity index (χ0n) is 9.40. The summed E-state index contributed by atoms with van der Waals surface area (Å²) in [5.74, 6) is 0.693. The maximum atomic E-state index is 6.00. The Morgan fingerprint density at radius 1 is 1.50 bits per heavy atom. The van der Waals surface area contributed by atoms with Crippen LogP contribution in [0.5, 0.6) is 0 Å². The number of nitrogens with two attached hydrogens (primary N) is 1. The van der Waals surface area contributed by atoms with Crippen molar-refractivity contribution in [3.63, 3.8) is 0 Å². The molecule has 1 rings (SSSR count). The Hall–Kier alpha value is -0.830. The molecule has 3 nitrogen and oxygen atoms in total. The van der Waals surface area contributed by atoms with Crippen LogP contribution in [0.3, 0.4) is 0 Å². The van der Waals surface area contributed by atoms with E-state index in [1.807, 2.05) is 17.9 Å². The first-order valence-corrected chi connectivity index (χ1v) is 5.31. The Bertz CT molecular complexity index is 265. The average Bonchev–Trinajstić information content (AvgIpc) is 2.47. The lowest BCUT2D eigenvalue weighted by Gasteiger charge is -2.12. The second kappa shape index (κ2) is 5.15. The van der Waals surface area contributed by atoms with Crippen molar-refractivity contribution in [1.82, 2.24) is 9.78 Å². The molecule has 0 bridgehead atoms. The van der Waals surface area contributed by atoms with E-state index in [1.54, 1.807) is 0 Å². The van der Waals surface area contributed by atoms with Crippen molar-refractivity contribution in [2.75, 3.05) is 0 Å². The molecule has 0 aliphatic carbocycles. The van der Waals surface area contributed by atoms with E-state index in [-0.39, 0.29) is 0 Å². The van der Waals surface area contributed by atoms with Crippen molar-refractivity contribution in [3.05, 3.63) is 18.0 Å². The normalized spacial score (nSPS) is 13.5. The summed E-state index contributed by atoms with van der Waals surface area (Å²) in [6, 6.07) is 0.329. The predicted molar refractivity (Wildman–Crippen MR) is 59.0 cm³/mol. The highest BCUT2D eigenvalue weighted by Gasteiger charge is 2.06. The van der Waals surface area contributed by atoms with E-state index >= 15 is 0 Å². The maximum absolute atomic E-state index is 6.00. The van der Waals surface area contributed by atoms with Gasteiger partial charge in [-0.1, -0.05) is 13.8 Å². The summed E-state index contributed by atoms with van der Waals surface area (Å²) in [6.45, 7) is 4.42. The molecule has 2 N–H and O–H groups in total. The van der Waals surface area contributed by atoms with Crippen molar-refractivity contribution in [1.29, 1.82) is 0 Å². The highest BCUT2D eigenvalue weighted by Crippen LogP contribution is 2.09. The fraction of sp³-hybridized carbons (Fsp3) is 0.727. The van der Waals surface area contributed by atoms with Crippen LogP contribution in [0.15, 0.2) is 12.4 Å². The van der Waals surface area contributed by atoms with Gasteiger partial charge in [0.1, 0.15) is 0 Å². The molecule has 0 spiro atoms. The summed E-state index contributed by atoms with van der Waals surface area (Å²) in [5.41, 5.74) is 7.29. The largest absolute Gasteiger partial charge is 0.328 e. The van der Waals surface area contributed by atoms with Crippen LogP contribution < -0.4 is 5.73 Å². The minimum Gasteiger partial charge on any atom is -0.328 e. The minimum atomic E-state index is 0.329. The molecule has 0 amide bonds. The molecule has 0 saturated carbocycles. The Balaban J connectivity index is 2.26. The first kappa shape index (κ1) is 11.2. The minimum absolute atomic E-state index is 0.329. The SMILES string of the molecule is CC(C)CC(N)CCc1cnn(C)c1. The lowest BCUT2D eigenvalue weighted by molar-refractivity contribution is 0.473. The molecule has 1 heterocycles. The summed E-state index contributed by atoms with van der Waals surface area (Å²) in [6.07, 6.45) is 7.19. The van der Waals surface area contributed by atoms with Gasteiger partial charge >= 0.3 is 0 Å². The summed E-state index contributed by atoms with van der Waals surface area (Å²) >= 11 is 0. The molecule has 1 aromatic rings. The topological polar surface area (TPSA) is 43.8 Å². The van der Waals surface area contributed by atoms with Crippen LogP contribution in [0.4, 0.5) is 0 Å². The standard InChI is InChI=1S/C11H21N3/c1-9(2)6-11(12)5-4-10-7-13-14(3)8-10/h7-9,11H,4-6,12H2,1-3H3. The second-order valence-corrected chi connectivity index (χ2v) is 4.45. The fourth-order valence-electron chi connectivity index (χ4n) is 1.68. The molecule has 0 radical (unpaired) electrons. The second-order valence-electron chi connectivity index (χ2n) is 4.45. The third kappa shape index (κ3) is 3.92. The molecule has 0 aliphatic rings. The van der Waals surface area contributed by atoms with Crippen LogP contribution in [-0.2, 0) is 13.5 Å². The highest BCUT2D eigenvalue weighted by molar-refractivity contribution is 5.03. The first-order valence-electron chi connectivity index (χ1n) is 5.31. The number of nitrogens with zero attached hydrogens (tertiary/aromatic N) is 2. The Morgan fingerprint density at radius 2 is 2.21 bits per heavy atom. The zero-order valence-corrected chi connectivity index (χ0v) is 9.40. The van der Waals surface area contributed by atoms with Crippen LogP contribution >= 0.6 is 0 Å². The van der Waals surface area contributed by atoms with Crippen molar-refractivity contribution in [2.24, 2.45) is 18.7 Å². The Labute approximate surface area is 86.3 Å². The third-order valence-electron chi connectivity index (χ3n) is 2.34. The summed E-state index contributed by atoms with van der Waals surface area (Å²) in [5, 5.41) is 4.13. The number of hydrogen-bond donors (Lipinski definition) is 1. The lowest BCUT2D eigenvalue weighted by atomic mass is 9.99. The van der Waals surface area contributed by atoms with Crippen LogP contribution in [0, 0.1) is 5.92 Å². The van der Waals surface area contributed by atoms with Gasteiger partial charge in [0.25, 0.3) is 0 Å². The summed E-state index contributed by atoms with van der Waals surface area (Å²) < 4.78 is 1.84. The molecule has 14 heavy (non-hydrogen) atoms. The van der Waals surface area contributed by atoms with Gasteiger partial charge in [0, 0.05) is 19.3 Å². The van der Waals surface area contributed by atoms with Gasteiger partial charge in [0.05, 0.1) is 6.20 Å². The summed E-state index contributed by atoms with van der Waals surface area (Å²) in [4.78, 5) is 0. The van der Waals surface area contributed by atoms with Crippen LogP contribution in [0.25, 0.3) is 0 Å². The van der Waals surface area contributed by atoms with Crippen molar-refractivity contribution >= 4 is 0 Å². The van der Waals surface area contributed by atoms with E-state index in [0.29, 0.717) is 12.0 Å². The molecular weight excluding hydrogens is 174 g/mol. The molecule has 0 saturated heterocycles. The number of hydrogen-bond acceptors (Lipinski definition) is 2. The predicted octanol–water partition coefficient (Wildman–Crippen LogP) is 1.73. The third-order valence-corrected chi connectivity index (χ3v) is 2.34. The number of aryl methyl sites for hydroxylation is 2. The fourth-order valence-corrected chi connectivity index (χ4v) is 1.68.